The number of aliphatic imine (C=N–C) groups is 3. The first-order valence-corrected chi connectivity index (χ1v) is 17.9. The van der Waals surface area contributed by atoms with Crippen molar-refractivity contribution in [2.24, 2.45) is 15.0 Å². The van der Waals surface area contributed by atoms with Crippen LogP contribution in [-0.4, -0.2) is 135 Å². The van der Waals surface area contributed by atoms with Crippen LogP contribution in [0.25, 0.3) is 0 Å². The van der Waals surface area contributed by atoms with Crippen LogP contribution in [0.2, 0.25) is 0 Å². The van der Waals surface area contributed by atoms with Crippen LogP contribution in [0.1, 0.15) is 20.8 Å². The Morgan fingerprint density at radius 3 is 1.11 bits per heavy atom. The summed E-state index contributed by atoms with van der Waals surface area (Å²) < 4.78 is 0. The molecule has 2 radical (unpaired) electrons. The molecule has 312 valence electrons. The molecule has 0 amide bonds. The molecule has 4 N–H and O–H groups in total. The number of ketones is 3. The van der Waals surface area contributed by atoms with Crippen molar-refractivity contribution in [2.75, 3.05) is 78.5 Å². The second-order valence-electron chi connectivity index (χ2n) is 13.1. The molecule has 0 saturated carbocycles. The Morgan fingerprint density at radius 2 is 0.821 bits per heavy atom. The molecule has 0 spiro atoms. The molecule has 0 unspecified atom stereocenters. The predicted molar refractivity (Wildman–Crippen MR) is 211 cm³/mol. The van der Waals surface area contributed by atoms with Crippen LogP contribution in [0.3, 0.4) is 0 Å². The summed E-state index contributed by atoms with van der Waals surface area (Å²) in [4.78, 5) is 66.6. The fraction of sp³-hybridized carbons (Fsp3) is 0.385. The molecule has 0 fully saturated rings. The van der Waals surface area contributed by atoms with E-state index in [9.17, 15) is 14.4 Å². The van der Waals surface area contributed by atoms with Crippen LogP contribution in [0, 0.1) is 47.0 Å². The largest absolute Gasteiger partial charge is 0.389 e. The standard InChI is InChI=1S/C39H48N8O3.Cu.Lu.HNO3/c1-28-16-31-22-40-4-10-46-12-6-42-24-33-18-29(2)19-34(38(33)49)25-43-7-13-47(11-5-41-23-32(17-28)37(31)48)15-9-45-27-36-21-30(3)20-35(39(36)50)26-44-8-14-46;;;2-1(3)4/h16-27,40,42,44H,4-15H2,1-3H3;;;(H,2,3,4). The molecule has 8 bridgehead atoms. The van der Waals surface area contributed by atoms with Gasteiger partial charge in [-0.2, -0.15) is 0 Å². The molecular formula is C39H49CuLuN9O6. The van der Waals surface area contributed by atoms with Crippen molar-refractivity contribution in [3.05, 3.63) is 115 Å². The number of nitrogens with one attached hydrogen (secondary N) is 3. The van der Waals surface area contributed by atoms with E-state index in [4.69, 9.17) is 15.3 Å². The number of hydrogen-bond acceptors (Lipinski definition) is 13. The summed E-state index contributed by atoms with van der Waals surface area (Å²) in [5.74, 6) is -0.167. The van der Waals surface area contributed by atoms with Crippen molar-refractivity contribution in [1.82, 2.24) is 25.8 Å². The summed E-state index contributed by atoms with van der Waals surface area (Å²) >= 11 is 0. The van der Waals surface area contributed by atoms with Crippen LogP contribution in [0.4, 0.5) is 0 Å². The number of Topliss-reactive ketones (excluding diaryl/α,β-unsaturated/α-hetero) is 3. The topological polar surface area (TPSA) is 194 Å². The van der Waals surface area contributed by atoms with E-state index in [1.165, 1.54) is 0 Å². The van der Waals surface area contributed by atoms with Gasteiger partial charge in [0.15, 0.2) is 17.3 Å². The van der Waals surface area contributed by atoms with Gasteiger partial charge in [-0.05, 0) is 73.9 Å². The predicted octanol–water partition coefficient (Wildman–Crippen LogP) is 2.27. The van der Waals surface area contributed by atoms with Gasteiger partial charge in [-0.15, -0.1) is 10.1 Å². The molecule has 0 aromatic carbocycles. The minimum absolute atomic E-state index is 0. The summed E-state index contributed by atoms with van der Waals surface area (Å²) in [7, 11) is 0. The molecule has 3 heterocycles. The molecule has 0 saturated heterocycles. The first-order chi connectivity index (χ1) is 26.0. The van der Waals surface area contributed by atoms with Gasteiger partial charge in [-0.25, -0.2) is 0 Å². The van der Waals surface area contributed by atoms with Crippen LogP contribution < -0.4 is 16.0 Å². The van der Waals surface area contributed by atoms with Gasteiger partial charge < -0.3 is 21.2 Å². The Hall–Kier alpha value is -4.05. The molecule has 0 aromatic rings. The van der Waals surface area contributed by atoms with Crippen LogP contribution >= 0.6 is 0 Å². The fourth-order valence-corrected chi connectivity index (χ4v) is 6.07. The van der Waals surface area contributed by atoms with Gasteiger partial charge in [0.25, 0.3) is 5.09 Å². The van der Waals surface area contributed by atoms with E-state index < -0.39 is 5.09 Å². The van der Waals surface area contributed by atoms with Crippen LogP contribution in [0.15, 0.2) is 120 Å². The number of fused-ring (bicyclic) bond motifs is 15. The van der Waals surface area contributed by atoms with E-state index in [0.717, 1.165) is 16.7 Å². The number of hydrogen-bond donors (Lipinski definition) is 4. The first kappa shape index (κ1) is 48.1. The van der Waals surface area contributed by atoms with Gasteiger partial charge >= 0.3 is 0 Å². The van der Waals surface area contributed by atoms with Crippen LogP contribution in [0.5, 0.6) is 0 Å². The Labute approximate surface area is 367 Å². The van der Waals surface area contributed by atoms with E-state index in [1.54, 1.807) is 37.2 Å². The average molecular weight is 978 g/mol. The second-order valence-corrected chi connectivity index (χ2v) is 13.1. The number of rotatable bonds is 0. The smallest absolute Gasteiger partial charge is 0.291 e. The third kappa shape index (κ3) is 16.2. The van der Waals surface area contributed by atoms with Gasteiger partial charge in [0.2, 0.25) is 0 Å². The summed E-state index contributed by atoms with van der Waals surface area (Å²) in [6, 6.07) is 0. The van der Waals surface area contributed by atoms with Crippen molar-refractivity contribution in [3.63, 3.8) is 0 Å². The maximum Gasteiger partial charge on any atom is 0.291 e. The molecular weight excluding hydrogens is 929 g/mol. The number of nitrogens with zero attached hydrogens (tertiary/aromatic N) is 6. The molecule has 0 atom stereocenters. The van der Waals surface area contributed by atoms with Crippen molar-refractivity contribution in [3.8, 4) is 0 Å². The van der Waals surface area contributed by atoms with Crippen molar-refractivity contribution < 1.29 is 78.6 Å². The SMILES string of the molecule is CC1=CC2=CNCCN3CCNC=C4C=C(C)C=C(C=NCCN(CCN=CC(=C1)C2=O)CCN=CC1=CC(C)=CC(=CNCC3)C1=O)C4=O.O=[N+]([O-])O.[Cu].[Lu]. The summed E-state index contributed by atoms with van der Waals surface area (Å²) in [6.45, 7) is 13.3. The molecule has 56 heavy (non-hydrogen) atoms. The van der Waals surface area contributed by atoms with Crippen molar-refractivity contribution in [1.29, 1.82) is 0 Å². The zero-order valence-electron chi connectivity index (χ0n) is 31.6. The van der Waals surface area contributed by atoms with E-state index in [2.05, 4.69) is 40.7 Å². The van der Waals surface area contributed by atoms with Crippen molar-refractivity contribution in [2.45, 2.75) is 20.8 Å². The molecule has 6 rings (SSSR count). The molecule has 3 aliphatic carbocycles. The van der Waals surface area contributed by atoms with Gasteiger partial charge in [-0.3, -0.25) is 39.2 Å². The summed E-state index contributed by atoms with van der Waals surface area (Å²) in [5, 5.41) is 23.7. The molecule has 3 aliphatic heterocycles. The third-order valence-corrected chi connectivity index (χ3v) is 8.69. The Morgan fingerprint density at radius 1 is 0.554 bits per heavy atom. The van der Waals surface area contributed by atoms with Gasteiger partial charge in [0.05, 0.1) is 19.6 Å². The Bertz CT molecular complexity index is 1650. The normalized spacial score (nSPS) is 22.6. The molecule has 6 aliphatic rings. The maximum absolute atomic E-state index is 13.3. The summed E-state index contributed by atoms with van der Waals surface area (Å²) in [5.41, 5.74) is 6.47. The van der Waals surface area contributed by atoms with Gasteiger partial charge in [-0.1, -0.05) is 0 Å². The van der Waals surface area contributed by atoms with Gasteiger partial charge in [0.1, 0.15) is 0 Å². The van der Waals surface area contributed by atoms with E-state index in [0.29, 0.717) is 112 Å². The Balaban J connectivity index is 0.00000172. The summed E-state index contributed by atoms with van der Waals surface area (Å²) in [6.07, 6.45) is 21.7. The molecule has 17 heteroatoms. The van der Waals surface area contributed by atoms with Crippen LogP contribution in [-0.2, 0) is 31.5 Å². The Kier molecular flexibility index (Phi) is 21.7. The first-order valence-electron chi connectivity index (χ1n) is 17.9. The number of allylic oxidation sites excluding steroid dienone is 15. The quantitative estimate of drug-likeness (QED) is 0.158. The monoisotopic (exact) mass is 977 g/mol. The fourth-order valence-electron chi connectivity index (χ4n) is 6.07. The number of carbonyl (C=O) groups excluding carboxylic acids is 3. The minimum Gasteiger partial charge on any atom is -0.389 e. The molecule has 0 aromatic heterocycles. The van der Waals surface area contributed by atoms with E-state index >= 15 is 0 Å². The maximum atomic E-state index is 13.3. The number of carbonyl (C=O) groups is 3. The minimum atomic E-state index is -1.50. The zero-order valence-corrected chi connectivity index (χ0v) is 34.2. The van der Waals surface area contributed by atoms with E-state index in [-0.39, 0.29) is 71.3 Å². The second kappa shape index (κ2) is 25.3. The average Bonchev–Trinajstić information content (AvgIpc) is 3.11. The van der Waals surface area contributed by atoms with E-state index in [1.807, 2.05) is 57.2 Å². The third-order valence-electron chi connectivity index (χ3n) is 8.69. The molecule has 15 nitrogen and oxygen atoms in total. The van der Waals surface area contributed by atoms with Gasteiger partial charge in [0, 0.05) is 184 Å². The van der Waals surface area contributed by atoms with Crippen molar-refractivity contribution >= 4 is 36.0 Å². The zero-order chi connectivity index (χ0) is 38.9.